The van der Waals surface area contributed by atoms with E-state index < -0.39 is 0 Å². The summed E-state index contributed by atoms with van der Waals surface area (Å²) in [4.78, 5) is 22.2. The van der Waals surface area contributed by atoms with Crippen molar-refractivity contribution in [3.8, 4) is 0 Å². The number of halogens is 2. The normalized spacial score (nSPS) is 15.0. The van der Waals surface area contributed by atoms with Crippen molar-refractivity contribution in [3.05, 3.63) is 57.6 Å². The number of morpholine rings is 1. The monoisotopic (exact) mass is 449 g/mol. The minimum atomic E-state index is -0.171. The standard InChI is InChI=1S/C21H21Cl2N3O2S/c1-14-2-5-18-19(12-14)29-21(24-18)26(7-6-25-8-10-28-11-9-25)20(27)16-4-3-15(22)13-17(16)23/h2-5,12-13H,6-11H2,1H3. The van der Waals surface area contributed by atoms with Gasteiger partial charge in [0, 0.05) is 31.2 Å². The highest BCUT2D eigenvalue weighted by atomic mass is 35.5. The molecule has 0 aliphatic carbocycles. The molecular formula is C21H21Cl2N3O2S. The second kappa shape index (κ2) is 8.98. The largest absolute Gasteiger partial charge is 0.379 e. The lowest BCUT2D eigenvalue weighted by atomic mass is 10.2. The summed E-state index contributed by atoms with van der Waals surface area (Å²) in [5.74, 6) is -0.171. The maximum atomic E-state index is 13.4. The quantitative estimate of drug-likeness (QED) is 0.555. The van der Waals surface area contributed by atoms with Gasteiger partial charge in [0.15, 0.2) is 5.13 Å². The lowest BCUT2D eigenvalue weighted by molar-refractivity contribution is 0.0391. The molecule has 0 bridgehead atoms. The third kappa shape index (κ3) is 4.73. The molecule has 0 unspecified atom stereocenters. The second-order valence-corrected chi connectivity index (χ2v) is 8.86. The summed E-state index contributed by atoms with van der Waals surface area (Å²) in [7, 11) is 0. The highest BCUT2D eigenvalue weighted by molar-refractivity contribution is 7.22. The predicted octanol–water partition coefficient (Wildman–Crippen LogP) is 4.89. The van der Waals surface area contributed by atoms with Gasteiger partial charge < -0.3 is 4.74 Å². The van der Waals surface area contributed by atoms with E-state index in [2.05, 4.69) is 11.0 Å². The first-order chi connectivity index (χ1) is 14.0. The highest BCUT2D eigenvalue weighted by Crippen LogP contribution is 2.31. The first kappa shape index (κ1) is 20.6. The van der Waals surface area contributed by atoms with Crippen LogP contribution in [0.2, 0.25) is 10.0 Å². The van der Waals surface area contributed by atoms with Crippen LogP contribution < -0.4 is 4.90 Å². The van der Waals surface area contributed by atoms with Crippen LogP contribution in [0, 0.1) is 6.92 Å². The average molecular weight is 450 g/mol. The number of rotatable bonds is 5. The Morgan fingerprint density at radius 3 is 2.76 bits per heavy atom. The van der Waals surface area contributed by atoms with E-state index in [-0.39, 0.29) is 5.91 Å². The van der Waals surface area contributed by atoms with Crippen LogP contribution in [0.1, 0.15) is 15.9 Å². The van der Waals surface area contributed by atoms with Crippen LogP contribution in [-0.4, -0.2) is 55.2 Å². The molecule has 1 amide bonds. The van der Waals surface area contributed by atoms with Crippen molar-refractivity contribution in [1.29, 1.82) is 0 Å². The number of aromatic nitrogens is 1. The van der Waals surface area contributed by atoms with Gasteiger partial charge in [-0.05, 0) is 42.8 Å². The Hall–Kier alpha value is -1.70. The smallest absolute Gasteiger partial charge is 0.261 e. The van der Waals surface area contributed by atoms with Gasteiger partial charge in [0.25, 0.3) is 5.91 Å². The van der Waals surface area contributed by atoms with E-state index in [4.69, 9.17) is 32.9 Å². The molecule has 152 valence electrons. The van der Waals surface area contributed by atoms with Crippen molar-refractivity contribution in [3.63, 3.8) is 0 Å². The van der Waals surface area contributed by atoms with Crippen LogP contribution in [0.5, 0.6) is 0 Å². The maximum absolute atomic E-state index is 13.4. The molecule has 4 rings (SSSR count). The minimum Gasteiger partial charge on any atom is -0.379 e. The molecule has 1 aliphatic heterocycles. The van der Waals surface area contributed by atoms with E-state index in [9.17, 15) is 4.79 Å². The summed E-state index contributed by atoms with van der Waals surface area (Å²) in [6, 6.07) is 11.1. The summed E-state index contributed by atoms with van der Waals surface area (Å²) in [5.41, 5.74) is 2.48. The molecule has 5 nitrogen and oxygen atoms in total. The van der Waals surface area contributed by atoms with Crippen molar-refractivity contribution in [2.45, 2.75) is 6.92 Å². The Kier molecular flexibility index (Phi) is 6.37. The topological polar surface area (TPSA) is 45.7 Å². The number of hydrogen-bond acceptors (Lipinski definition) is 5. The minimum absolute atomic E-state index is 0.171. The van der Waals surface area contributed by atoms with Crippen LogP contribution in [-0.2, 0) is 4.74 Å². The van der Waals surface area contributed by atoms with E-state index in [0.717, 1.165) is 43.1 Å². The van der Waals surface area contributed by atoms with Crippen LogP contribution in [0.25, 0.3) is 10.2 Å². The van der Waals surface area contributed by atoms with E-state index in [0.29, 0.717) is 27.3 Å². The zero-order valence-electron chi connectivity index (χ0n) is 16.0. The van der Waals surface area contributed by atoms with Crippen molar-refractivity contribution in [1.82, 2.24) is 9.88 Å². The van der Waals surface area contributed by atoms with Crippen LogP contribution >= 0.6 is 34.5 Å². The molecule has 2 heterocycles. The number of fused-ring (bicyclic) bond motifs is 1. The Morgan fingerprint density at radius 1 is 1.21 bits per heavy atom. The fourth-order valence-corrected chi connectivity index (χ4v) is 4.87. The fourth-order valence-electron chi connectivity index (χ4n) is 3.29. The van der Waals surface area contributed by atoms with Gasteiger partial charge in [0.1, 0.15) is 0 Å². The van der Waals surface area contributed by atoms with Gasteiger partial charge in [-0.15, -0.1) is 0 Å². The Bertz CT molecular complexity index is 1030. The van der Waals surface area contributed by atoms with Gasteiger partial charge in [-0.25, -0.2) is 4.98 Å². The first-order valence-corrected chi connectivity index (χ1v) is 11.0. The zero-order valence-corrected chi connectivity index (χ0v) is 18.4. The lowest BCUT2D eigenvalue weighted by Crippen LogP contribution is -2.43. The Morgan fingerprint density at radius 2 is 2.00 bits per heavy atom. The molecule has 1 aromatic heterocycles. The van der Waals surface area contributed by atoms with E-state index >= 15 is 0 Å². The van der Waals surface area contributed by atoms with Gasteiger partial charge in [0.2, 0.25) is 0 Å². The molecule has 0 atom stereocenters. The SMILES string of the molecule is Cc1ccc2nc(N(CCN3CCOCC3)C(=O)c3ccc(Cl)cc3Cl)sc2c1. The predicted molar refractivity (Wildman–Crippen MR) is 120 cm³/mol. The lowest BCUT2D eigenvalue weighted by Gasteiger charge is -2.29. The van der Waals surface area contributed by atoms with Crippen LogP contribution in [0.15, 0.2) is 36.4 Å². The number of aryl methyl sites for hydroxylation is 1. The molecular weight excluding hydrogens is 429 g/mol. The molecule has 2 aromatic carbocycles. The molecule has 0 spiro atoms. The summed E-state index contributed by atoms with van der Waals surface area (Å²) in [6.45, 7) is 6.49. The van der Waals surface area contributed by atoms with E-state index in [1.54, 1.807) is 23.1 Å². The molecule has 8 heteroatoms. The van der Waals surface area contributed by atoms with E-state index in [1.807, 2.05) is 19.1 Å². The molecule has 29 heavy (non-hydrogen) atoms. The Labute approximate surface area is 183 Å². The van der Waals surface area contributed by atoms with E-state index in [1.165, 1.54) is 16.9 Å². The number of nitrogens with zero attached hydrogens (tertiary/aromatic N) is 3. The number of anilines is 1. The molecule has 0 saturated carbocycles. The van der Waals surface area contributed by atoms with Crippen molar-refractivity contribution >= 4 is 55.8 Å². The summed E-state index contributed by atoms with van der Waals surface area (Å²) in [6.07, 6.45) is 0. The molecule has 1 saturated heterocycles. The van der Waals surface area contributed by atoms with Gasteiger partial charge in [0.05, 0.1) is 34.0 Å². The molecule has 3 aromatic rings. The Balaban J connectivity index is 1.66. The number of thiazole rings is 1. The second-order valence-electron chi connectivity index (χ2n) is 7.00. The van der Waals surface area contributed by atoms with Crippen LogP contribution in [0.3, 0.4) is 0 Å². The zero-order chi connectivity index (χ0) is 20.4. The van der Waals surface area contributed by atoms with Gasteiger partial charge >= 0.3 is 0 Å². The maximum Gasteiger partial charge on any atom is 0.261 e. The summed E-state index contributed by atoms with van der Waals surface area (Å²) < 4.78 is 6.48. The molecule has 1 fully saturated rings. The van der Waals surface area contributed by atoms with Crippen molar-refractivity contribution in [2.24, 2.45) is 0 Å². The number of carbonyl (C=O) groups excluding carboxylic acids is 1. The third-order valence-electron chi connectivity index (χ3n) is 4.91. The van der Waals surface area contributed by atoms with Crippen LogP contribution in [0.4, 0.5) is 5.13 Å². The molecule has 0 radical (unpaired) electrons. The van der Waals surface area contributed by atoms with Crippen molar-refractivity contribution in [2.75, 3.05) is 44.3 Å². The number of amides is 1. The van der Waals surface area contributed by atoms with Gasteiger partial charge in [-0.3, -0.25) is 14.6 Å². The first-order valence-electron chi connectivity index (χ1n) is 9.45. The number of hydrogen-bond donors (Lipinski definition) is 0. The summed E-state index contributed by atoms with van der Waals surface area (Å²) >= 11 is 13.9. The van der Waals surface area contributed by atoms with Gasteiger partial charge in [-0.1, -0.05) is 40.6 Å². The number of benzene rings is 2. The summed E-state index contributed by atoms with van der Waals surface area (Å²) in [5, 5.41) is 1.52. The number of carbonyl (C=O) groups is 1. The number of ether oxygens (including phenoxy) is 1. The van der Waals surface area contributed by atoms with Gasteiger partial charge in [-0.2, -0.15) is 0 Å². The highest BCUT2D eigenvalue weighted by Gasteiger charge is 2.24. The fraction of sp³-hybridized carbons (Fsp3) is 0.333. The average Bonchev–Trinajstić information content (AvgIpc) is 3.11. The molecule has 1 aliphatic rings. The van der Waals surface area contributed by atoms with Crippen molar-refractivity contribution < 1.29 is 9.53 Å². The molecule has 0 N–H and O–H groups in total. The third-order valence-corrected chi connectivity index (χ3v) is 6.50.